The van der Waals surface area contributed by atoms with Gasteiger partial charge in [0.25, 0.3) is 5.97 Å². The van der Waals surface area contributed by atoms with Crippen molar-refractivity contribution in [3.05, 3.63) is 12.2 Å². The number of hydrogen-bond donors (Lipinski definition) is 2. The zero-order chi connectivity index (χ0) is 13.4. The summed E-state index contributed by atoms with van der Waals surface area (Å²) in [6.45, 7) is 3.62. The average Bonchev–Trinajstić information content (AvgIpc) is 2.26. The standard InChI is InChI=1S/C12H24O.C2H4O2/c1-2-3-4-5-6-7-8-9-10-11-12-13;1-2(3)4/h9-10,13H,2-8,11-12H2,1H3;1H3,(H,3,4)/b10-9+;. The van der Waals surface area contributed by atoms with E-state index in [1.165, 1.54) is 44.9 Å². The van der Waals surface area contributed by atoms with Crippen LogP contribution < -0.4 is 0 Å². The van der Waals surface area contributed by atoms with Crippen LogP contribution in [0.1, 0.15) is 65.2 Å². The van der Waals surface area contributed by atoms with Gasteiger partial charge < -0.3 is 10.2 Å². The van der Waals surface area contributed by atoms with Gasteiger partial charge in [-0.15, -0.1) is 0 Å². The third kappa shape index (κ3) is 31.3. The van der Waals surface area contributed by atoms with Crippen LogP contribution in [0, 0.1) is 0 Å². The fourth-order valence-electron chi connectivity index (χ4n) is 1.35. The minimum Gasteiger partial charge on any atom is -0.481 e. The maximum absolute atomic E-state index is 9.00. The molecule has 0 fully saturated rings. The molecule has 0 aromatic carbocycles. The molecule has 0 bridgehead atoms. The first-order valence-corrected chi connectivity index (χ1v) is 6.60. The normalized spacial score (nSPS) is 10.1. The van der Waals surface area contributed by atoms with Crippen LogP contribution in [0.5, 0.6) is 0 Å². The zero-order valence-corrected chi connectivity index (χ0v) is 11.3. The van der Waals surface area contributed by atoms with Crippen molar-refractivity contribution in [3.8, 4) is 0 Å². The fourth-order valence-corrected chi connectivity index (χ4v) is 1.35. The lowest BCUT2D eigenvalue weighted by Crippen LogP contribution is -1.78. The summed E-state index contributed by atoms with van der Waals surface area (Å²) in [5.74, 6) is -0.833. The van der Waals surface area contributed by atoms with E-state index in [0.29, 0.717) is 0 Å². The summed E-state index contributed by atoms with van der Waals surface area (Å²) in [5.41, 5.74) is 0. The predicted molar refractivity (Wildman–Crippen MR) is 72.1 cm³/mol. The first-order chi connectivity index (χ1) is 8.15. The van der Waals surface area contributed by atoms with Crippen LogP contribution in [0.4, 0.5) is 0 Å². The van der Waals surface area contributed by atoms with Gasteiger partial charge in [-0.2, -0.15) is 0 Å². The number of aliphatic carboxylic acids is 1. The molecular weight excluding hydrogens is 216 g/mol. The zero-order valence-electron chi connectivity index (χ0n) is 11.3. The van der Waals surface area contributed by atoms with Crippen molar-refractivity contribution in [1.82, 2.24) is 0 Å². The van der Waals surface area contributed by atoms with E-state index in [2.05, 4.69) is 19.1 Å². The Morgan fingerprint density at radius 3 is 2.00 bits per heavy atom. The number of hydrogen-bond acceptors (Lipinski definition) is 2. The molecule has 0 aromatic heterocycles. The van der Waals surface area contributed by atoms with Crippen LogP contribution in [0.15, 0.2) is 12.2 Å². The quantitative estimate of drug-likeness (QED) is 0.479. The highest BCUT2D eigenvalue weighted by Crippen LogP contribution is 2.07. The molecule has 0 saturated heterocycles. The molecular formula is C14H28O3. The van der Waals surface area contributed by atoms with E-state index in [1.54, 1.807) is 0 Å². The van der Waals surface area contributed by atoms with Crippen LogP contribution >= 0.6 is 0 Å². The van der Waals surface area contributed by atoms with E-state index in [1.807, 2.05) is 0 Å². The number of carbonyl (C=O) groups is 1. The van der Waals surface area contributed by atoms with Gasteiger partial charge in [0.2, 0.25) is 0 Å². The highest BCUT2D eigenvalue weighted by atomic mass is 16.4. The second-order valence-corrected chi connectivity index (χ2v) is 4.06. The summed E-state index contributed by atoms with van der Waals surface area (Å²) in [4.78, 5) is 9.00. The molecule has 102 valence electrons. The van der Waals surface area contributed by atoms with Crippen molar-refractivity contribution >= 4 is 5.97 Å². The van der Waals surface area contributed by atoms with Gasteiger partial charge in [-0.3, -0.25) is 4.79 Å². The third-order valence-corrected chi connectivity index (χ3v) is 2.19. The summed E-state index contributed by atoms with van der Waals surface area (Å²) in [7, 11) is 0. The molecule has 3 heteroatoms. The summed E-state index contributed by atoms with van der Waals surface area (Å²) in [6, 6.07) is 0. The van der Waals surface area contributed by atoms with Crippen LogP contribution in [-0.4, -0.2) is 22.8 Å². The Morgan fingerprint density at radius 2 is 1.47 bits per heavy atom. The highest BCUT2D eigenvalue weighted by molar-refractivity contribution is 5.62. The maximum Gasteiger partial charge on any atom is 0.300 e. The largest absolute Gasteiger partial charge is 0.481 e. The molecule has 0 spiro atoms. The van der Waals surface area contributed by atoms with Crippen LogP contribution in [0.2, 0.25) is 0 Å². The lowest BCUT2D eigenvalue weighted by Gasteiger charge is -1.97. The molecule has 0 aliphatic heterocycles. The first kappa shape index (κ1) is 18.5. The number of carboxylic acid groups (broad SMARTS) is 1. The molecule has 0 unspecified atom stereocenters. The van der Waals surface area contributed by atoms with Gasteiger partial charge in [-0.1, -0.05) is 51.2 Å². The number of unbranched alkanes of at least 4 members (excludes halogenated alkanes) is 6. The molecule has 0 amide bonds. The van der Waals surface area contributed by atoms with Gasteiger partial charge in [0.1, 0.15) is 0 Å². The molecule has 0 atom stereocenters. The molecule has 2 N–H and O–H groups in total. The Bertz CT molecular complexity index is 172. The Labute approximate surface area is 106 Å². The van der Waals surface area contributed by atoms with Crippen molar-refractivity contribution in [2.75, 3.05) is 6.61 Å². The van der Waals surface area contributed by atoms with E-state index < -0.39 is 5.97 Å². The molecule has 0 aliphatic carbocycles. The van der Waals surface area contributed by atoms with E-state index >= 15 is 0 Å². The van der Waals surface area contributed by atoms with Crippen LogP contribution in [-0.2, 0) is 4.79 Å². The fraction of sp³-hybridized carbons (Fsp3) is 0.786. The summed E-state index contributed by atoms with van der Waals surface area (Å²) >= 11 is 0. The Kier molecular flexibility index (Phi) is 19.1. The topological polar surface area (TPSA) is 57.5 Å². The predicted octanol–water partition coefficient (Wildman–Crippen LogP) is 3.77. The van der Waals surface area contributed by atoms with Gasteiger partial charge >= 0.3 is 0 Å². The Morgan fingerprint density at radius 1 is 1.00 bits per heavy atom. The number of aliphatic hydroxyl groups is 1. The molecule has 0 saturated carbocycles. The van der Waals surface area contributed by atoms with Gasteiger partial charge in [0, 0.05) is 13.5 Å². The minimum atomic E-state index is -0.833. The van der Waals surface area contributed by atoms with Crippen LogP contribution in [0.25, 0.3) is 0 Å². The smallest absolute Gasteiger partial charge is 0.300 e. The molecule has 0 aromatic rings. The van der Waals surface area contributed by atoms with Crippen LogP contribution in [0.3, 0.4) is 0 Å². The number of carboxylic acids is 1. The summed E-state index contributed by atoms with van der Waals surface area (Å²) < 4.78 is 0. The van der Waals surface area contributed by atoms with E-state index in [9.17, 15) is 0 Å². The average molecular weight is 244 g/mol. The van der Waals surface area contributed by atoms with Gasteiger partial charge in [0.15, 0.2) is 0 Å². The monoisotopic (exact) mass is 244 g/mol. The molecule has 0 rings (SSSR count). The van der Waals surface area contributed by atoms with E-state index in [-0.39, 0.29) is 6.61 Å². The van der Waals surface area contributed by atoms with Gasteiger partial charge in [0.05, 0.1) is 0 Å². The minimum absolute atomic E-state index is 0.285. The number of rotatable bonds is 9. The molecule has 0 radical (unpaired) electrons. The van der Waals surface area contributed by atoms with Crippen molar-refractivity contribution in [2.24, 2.45) is 0 Å². The molecule has 17 heavy (non-hydrogen) atoms. The van der Waals surface area contributed by atoms with Gasteiger partial charge in [-0.25, -0.2) is 0 Å². The van der Waals surface area contributed by atoms with Crippen molar-refractivity contribution in [2.45, 2.75) is 65.2 Å². The number of aliphatic hydroxyl groups excluding tert-OH is 1. The van der Waals surface area contributed by atoms with Crippen molar-refractivity contribution in [3.63, 3.8) is 0 Å². The lowest BCUT2D eigenvalue weighted by atomic mass is 10.1. The molecule has 0 aliphatic rings. The maximum atomic E-state index is 9.00. The van der Waals surface area contributed by atoms with Gasteiger partial charge in [-0.05, 0) is 19.3 Å². The number of allylic oxidation sites excluding steroid dienone is 1. The van der Waals surface area contributed by atoms with Crippen molar-refractivity contribution < 1.29 is 15.0 Å². The lowest BCUT2D eigenvalue weighted by molar-refractivity contribution is -0.134. The second-order valence-electron chi connectivity index (χ2n) is 4.06. The van der Waals surface area contributed by atoms with E-state index in [4.69, 9.17) is 15.0 Å². The summed E-state index contributed by atoms with van der Waals surface area (Å²) in [6.07, 6.45) is 14.5. The SMILES string of the molecule is CC(=O)O.CCCCCCCC/C=C/CCO. The molecule has 0 heterocycles. The Hall–Kier alpha value is -0.830. The molecule has 3 nitrogen and oxygen atoms in total. The van der Waals surface area contributed by atoms with E-state index in [0.717, 1.165) is 13.3 Å². The third-order valence-electron chi connectivity index (χ3n) is 2.19. The van der Waals surface area contributed by atoms with Crippen molar-refractivity contribution in [1.29, 1.82) is 0 Å². The highest BCUT2D eigenvalue weighted by Gasteiger charge is 1.87. The second kappa shape index (κ2) is 17.6. The Balaban J connectivity index is 0. The summed E-state index contributed by atoms with van der Waals surface area (Å²) in [5, 5.41) is 15.9. The first-order valence-electron chi connectivity index (χ1n) is 6.60.